The minimum Gasteiger partial charge on any atom is -0.487 e. The Balaban J connectivity index is 1.39. The fraction of sp³-hybridized carbons (Fsp3) is 0.611. The fourth-order valence-electron chi connectivity index (χ4n) is 3.19. The maximum absolute atomic E-state index is 12.3. The number of benzene rings is 1. The van der Waals surface area contributed by atoms with Crippen molar-refractivity contribution in [1.29, 1.82) is 0 Å². The summed E-state index contributed by atoms with van der Waals surface area (Å²) in [6, 6.07) is 8.66. The molecule has 0 saturated carbocycles. The number of rotatable bonds is 5. The molecule has 1 atom stereocenters. The molecule has 0 N–H and O–H groups in total. The van der Waals surface area contributed by atoms with Crippen LogP contribution in [0.1, 0.15) is 12.0 Å². The van der Waals surface area contributed by atoms with Crippen molar-refractivity contribution in [2.45, 2.75) is 25.5 Å². The molecule has 23 heavy (non-hydrogen) atoms. The highest BCUT2D eigenvalue weighted by molar-refractivity contribution is 5.79. The molecule has 126 valence electrons. The van der Waals surface area contributed by atoms with Crippen molar-refractivity contribution < 1.29 is 9.53 Å². The van der Waals surface area contributed by atoms with Crippen molar-refractivity contribution in [3.63, 3.8) is 0 Å². The van der Waals surface area contributed by atoms with Crippen LogP contribution in [-0.4, -0.2) is 79.6 Å². The number of amides is 1. The molecule has 2 aliphatic rings. The van der Waals surface area contributed by atoms with Crippen molar-refractivity contribution >= 4 is 5.91 Å². The van der Waals surface area contributed by atoms with E-state index >= 15 is 0 Å². The van der Waals surface area contributed by atoms with Crippen molar-refractivity contribution in [2.24, 2.45) is 0 Å². The minimum absolute atomic E-state index is 0.134. The second kappa shape index (κ2) is 6.89. The summed E-state index contributed by atoms with van der Waals surface area (Å²) < 4.78 is 5.89. The largest absolute Gasteiger partial charge is 0.487 e. The van der Waals surface area contributed by atoms with E-state index in [1.165, 1.54) is 5.56 Å². The van der Waals surface area contributed by atoms with Crippen molar-refractivity contribution in [2.75, 3.05) is 46.8 Å². The van der Waals surface area contributed by atoms with E-state index in [1.54, 1.807) is 0 Å². The molecule has 0 unspecified atom stereocenters. The summed E-state index contributed by atoms with van der Waals surface area (Å²) in [5.74, 6) is 1.12. The van der Waals surface area contributed by atoms with Gasteiger partial charge in [0.15, 0.2) is 0 Å². The zero-order valence-corrected chi connectivity index (χ0v) is 14.4. The molecule has 2 aliphatic heterocycles. The number of likely N-dealkylation sites (tertiary alicyclic amines) is 2. The predicted octanol–water partition coefficient (Wildman–Crippen LogP) is 1.22. The lowest BCUT2D eigenvalue weighted by atomic mass is 10.1. The Morgan fingerprint density at radius 2 is 1.91 bits per heavy atom. The molecule has 0 radical (unpaired) electrons. The van der Waals surface area contributed by atoms with Crippen molar-refractivity contribution in [1.82, 2.24) is 14.7 Å². The third-order valence-electron chi connectivity index (χ3n) is 4.86. The van der Waals surface area contributed by atoms with Gasteiger partial charge in [-0.1, -0.05) is 17.7 Å². The molecule has 0 aromatic heterocycles. The molecule has 0 aliphatic carbocycles. The molecule has 3 rings (SSSR count). The first-order valence-electron chi connectivity index (χ1n) is 8.41. The molecule has 5 nitrogen and oxygen atoms in total. The molecular formula is C18H27N3O2. The Labute approximate surface area is 138 Å². The predicted molar refractivity (Wildman–Crippen MR) is 90.7 cm³/mol. The SMILES string of the molecule is Cc1ccc(OC2CN(C(=O)CN3CC[C@@H](N(C)C)C3)C2)cc1. The zero-order chi connectivity index (χ0) is 16.4. The fourth-order valence-corrected chi connectivity index (χ4v) is 3.19. The summed E-state index contributed by atoms with van der Waals surface area (Å²) in [6.07, 6.45) is 1.29. The van der Waals surface area contributed by atoms with Gasteiger partial charge in [-0.25, -0.2) is 0 Å². The number of likely N-dealkylation sites (N-methyl/N-ethyl adjacent to an activating group) is 1. The first kappa shape index (κ1) is 16.3. The Morgan fingerprint density at radius 3 is 2.52 bits per heavy atom. The normalized spacial score (nSPS) is 22.4. The van der Waals surface area contributed by atoms with Crippen LogP contribution in [0.5, 0.6) is 5.75 Å². The molecule has 1 aromatic carbocycles. The number of ether oxygens (including phenoxy) is 1. The van der Waals surface area contributed by atoms with E-state index in [9.17, 15) is 4.79 Å². The van der Waals surface area contributed by atoms with Crippen LogP contribution < -0.4 is 4.74 Å². The van der Waals surface area contributed by atoms with E-state index < -0.39 is 0 Å². The average Bonchev–Trinajstić information content (AvgIpc) is 2.93. The topological polar surface area (TPSA) is 36.0 Å². The van der Waals surface area contributed by atoms with Gasteiger partial charge in [0.05, 0.1) is 19.6 Å². The van der Waals surface area contributed by atoms with Crippen LogP contribution in [0.25, 0.3) is 0 Å². The van der Waals surface area contributed by atoms with Gasteiger partial charge in [0.1, 0.15) is 11.9 Å². The van der Waals surface area contributed by atoms with Crippen LogP contribution in [0.2, 0.25) is 0 Å². The number of aryl methyl sites for hydroxylation is 1. The van der Waals surface area contributed by atoms with Gasteiger partial charge in [0.25, 0.3) is 0 Å². The van der Waals surface area contributed by atoms with Crippen LogP contribution in [0.4, 0.5) is 0 Å². The third kappa shape index (κ3) is 4.03. The van der Waals surface area contributed by atoms with E-state index in [1.807, 2.05) is 29.2 Å². The maximum atomic E-state index is 12.3. The van der Waals surface area contributed by atoms with Crippen LogP contribution >= 0.6 is 0 Å². The highest BCUT2D eigenvalue weighted by Gasteiger charge is 2.34. The monoisotopic (exact) mass is 317 g/mol. The molecule has 1 amide bonds. The smallest absolute Gasteiger partial charge is 0.237 e. The number of carbonyl (C=O) groups excluding carboxylic acids is 1. The Hall–Kier alpha value is -1.59. The van der Waals surface area contributed by atoms with E-state index in [0.29, 0.717) is 25.7 Å². The van der Waals surface area contributed by atoms with Gasteiger partial charge < -0.3 is 14.5 Å². The highest BCUT2D eigenvalue weighted by atomic mass is 16.5. The van der Waals surface area contributed by atoms with E-state index in [0.717, 1.165) is 25.3 Å². The zero-order valence-electron chi connectivity index (χ0n) is 14.4. The third-order valence-corrected chi connectivity index (χ3v) is 4.86. The molecule has 5 heteroatoms. The van der Waals surface area contributed by atoms with Crippen LogP contribution in [0, 0.1) is 6.92 Å². The van der Waals surface area contributed by atoms with E-state index in [4.69, 9.17) is 4.74 Å². The first-order valence-corrected chi connectivity index (χ1v) is 8.41. The first-order chi connectivity index (χ1) is 11.0. The van der Waals surface area contributed by atoms with Gasteiger partial charge in [0, 0.05) is 19.1 Å². The Morgan fingerprint density at radius 1 is 1.22 bits per heavy atom. The molecule has 0 spiro atoms. The summed E-state index contributed by atoms with van der Waals surface area (Å²) in [6.45, 7) is 6.03. The lowest BCUT2D eigenvalue weighted by Crippen LogP contribution is -2.58. The Bertz CT molecular complexity index is 538. The van der Waals surface area contributed by atoms with Gasteiger partial charge in [-0.2, -0.15) is 0 Å². The lowest BCUT2D eigenvalue weighted by molar-refractivity contribution is -0.141. The average molecular weight is 317 g/mol. The number of nitrogens with zero attached hydrogens (tertiary/aromatic N) is 3. The van der Waals surface area contributed by atoms with Crippen LogP contribution in [0.15, 0.2) is 24.3 Å². The molecule has 1 aromatic rings. The van der Waals surface area contributed by atoms with Gasteiger partial charge in [0.2, 0.25) is 5.91 Å². The summed E-state index contributed by atoms with van der Waals surface area (Å²) in [7, 11) is 4.22. The van der Waals surface area contributed by atoms with Crippen molar-refractivity contribution in [3.05, 3.63) is 29.8 Å². The lowest BCUT2D eigenvalue weighted by Gasteiger charge is -2.39. The van der Waals surface area contributed by atoms with Crippen molar-refractivity contribution in [3.8, 4) is 5.75 Å². The molecule has 2 saturated heterocycles. The summed E-state index contributed by atoms with van der Waals surface area (Å²) in [5.41, 5.74) is 1.23. The summed E-state index contributed by atoms with van der Waals surface area (Å²) >= 11 is 0. The summed E-state index contributed by atoms with van der Waals surface area (Å²) in [4.78, 5) is 18.7. The summed E-state index contributed by atoms with van der Waals surface area (Å²) in [5, 5.41) is 0. The second-order valence-electron chi connectivity index (χ2n) is 6.99. The molecule has 2 heterocycles. The highest BCUT2D eigenvalue weighted by Crippen LogP contribution is 2.19. The molecule has 2 fully saturated rings. The number of hydrogen-bond donors (Lipinski definition) is 0. The minimum atomic E-state index is 0.134. The number of hydrogen-bond acceptors (Lipinski definition) is 4. The van der Waals surface area contributed by atoms with E-state index in [-0.39, 0.29) is 12.0 Å². The van der Waals surface area contributed by atoms with Gasteiger partial charge in [-0.15, -0.1) is 0 Å². The second-order valence-corrected chi connectivity index (χ2v) is 6.99. The molecular weight excluding hydrogens is 290 g/mol. The quantitative estimate of drug-likeness (QED) is 0.818. The van der Waals surface area contributed by atoms with Gasteiger partial charge >= 0.3 is 0 Å². The number of carbonyl (C=O) groups is 1. The van der Waals surface area contributed by atoms with E-state index in [2.05, 4.69) is 30.8 Å². The van der Waals surface area contributed by atoms with Crippen LogP contribution in [-0.2, 0) is 4.79 Å². The standard InChI is InChI=1S/C18H27N3O2/c1-14-4-6-16(7-5-14)23-17-11-21(12-17)18(22)13-20-9-8-15(10-20)19(2)3/h4-7,15,17H,8-13H2,1-3H3/t15-/m1/s1. The Kier molecular flexibility index (Phi) is 4.87. The van der Waals surface area contributed by atoms with Gasteiger partial charge in [-0.05, 0) is 39.6 Å². The maximum Gasteiger partial charge on any atom is 0.237 e. The van der Waals surface area contributed by atoms with Crippen LogP contribution in [0.3, 0.4) is 0 Å². The molecule has 0 bridgehead atoms. The van der Waals surface area contributed by atoms with Gasteiger partial charge in [-0.3, -0.25) is 9.69 Å².